The molecule has 3 aromatic carbocycles. The van der Waals surface area contributed by atoms with E-state index in [9.17, 15) is 31.5 Å². The van der Waals surface area contributed by atoms with Gasteiger partial charge in [-0.05, 0) is 39.5 Å². The molecular formula is C33H30F5N7O7. The van der Waals surface area contributed by atoms with Gasteiger partial charge in [0, 0.05) is 18.5 Å². The van der Waals surface area contributed by atoms with Crippen LogP contribution in [0.3, 0.4) is 0 Å². The van der Waals surface area contributed by atoms with Crippen LogP contribution in [0.15, 0.2) is 72.8 Å². The second-order valence-electron chi connectivity index (χ2n) is 11.2. The number of tetrazole rings is 1. The number of imidazole rings is 1. The third-order valence-corrected chi connectivity index (χ3v) is 7.58. The summed E-state index contributed by atoms with van der Waals surface area (Å²) in [6.07, 6.45) is -6.49. The summed E-state index contributed by atoms with van der Waals surface area (Å²) in [6.45, 7) is 0.916. The van der Waals surface area contributed by atoms with E-state index in [0.29, 0.717) is 39.8 Å². The first-order valence-electron chi connectivity index (χ1n) is 15.4. The van der Waals surface area contributed by atoms with Crippen molar-refractivity contribution >= 4 is 12.4 Å². The van der Waals surface area contributed by atoms with Crippen molar-refractivity contribution in [2.75, 3.05) is 0 Å². The van der Waals surface area contributed by atoms with Crippen LogP contribution in [0.2, 0.25) is 0 Å². The lowest BCUT2D eigenvalue weighted by atomic mass is 9.98. The van der Waals surface area contributed by atoms with Crippen LogP contribution in [0.1, 0.15) is 52.0 Å². The topological polar surface area (TPSA) is 167 Å². The van der Waals surface area contributed by atoms with E-state index in [1.165, 1.54) is 0 Å². The van der Waals surface area contributed by atoms with E-state index in [-0.39, 0.29) is 44.1 Å². The second kappa shape index (κ2) is 16.1. The largest absolute Gasteiger partial charge is 0.510 e. The molecule has 0 aliphatic heterocycles. The number of rotatable bonds is 15. The molecule has 0 saturated heterocycles. The summed E-state index contributed by atoms with van der Waals surface area (Å²) in [4.78, 5) is 33.1. The van der Waals surface area contributed by atoms with Gasteiger partial charge in [-0.15, -0.1) is 15.0 Å². The summed E-state index contributed by atoms with van der Waals surface area (Å²) in [5.74, 6) is -5.18. The highest BCUT2D eigenvalue weighted by molar-refractivity contribution is 5.80. The molecule has 5 aromatic rings. The number of nitrogens with zero attached hydrogens (tertiary/aromatic N) is 7. The third kappa shape index (κ3) is 8.80. The average molecular weight is 732 g/mol. The number of alkyl halides is 5. The van der Waals surface area contributed by atoms with Crippen molar-refractivity contribution in [3.63, 3.8) is 0 Å². The van der Waals surface area contributed by atoms with Crippen molar-refractivity contribution in [1.82, 2.24) is 35.1 Å². The van der Waals surface area contributed by atoms with Gasteiger partial charge in [-0.2, -0.15) is 22.0 Å². The summed E-state index contributed by atoms with van der Waals surface area (Å²) in [5.41, 5.74) is 1.22. The standard InChI is InChI=1S/C33H30F5N7O7/c1-2-5-28-39-29(32(34,35)33(36,37)38)27(17-46)43(28)16-21-12-14-24(15-13-21)25-6-3-4-7-26(25)30-40-42-44(41-30)20-51-31(47)50-18-22-8-10-23(11-9-22)19-52-45(48)49/h3-4,6-15,17,48-49H,2,5,16,18-20H2,1H3. The Morgan fingerprint density at radius 1 is 0.885 bits per heavy atom. The number of halogens is 5. The fraction of sp³-hybridized carbons (Fsp3) is 0.273. The number of hydrogen-bond acceptors (Lipinski definition) is 12. The molecule has 0 spiro atoms. The Kier molecular flexibility index (Phi) is 11.7. The zero-order valence-corrected chi connectivity index (χ0v) is 27.2. The Labute approximate surface area is 291 Å². The van der Waals surface area contributed by atoms with E-state index in [4.69, 9.17) is 19.9 Å². The number of carbonyl (C=O) groups excluding carboxylic acids is 2. The Hall–Kier alpha value is -5.63. The lowest BCUT2D eigenvalue weighted by Crippen LogP contribution is -2.35. The Bertz CT molecular complexity index is 1980. The molecule has 2 aromatic heterocycles. The molecule has 274 valence electrons. The number of aldehydes is 1. The number of ether oxygens (including phenoxy) is 2. The highest BCUT2D eigenvalue weighted by atomic mass is 19.4. The molecule has 0 bridgehead atoms. The molecule has 0 unspecified atom stereocenters. The van der Waals surface area contributed by atoms with Crippen LogP contribution in [0.4, 0.5) is 26.7 Å². The van der Waals surface area contributed by atoms with Crippen molar-refractivity contribution in [2.45, 2.75) is 58.4 Å². The van der Waals surface area contributed by atoms with Crippen LogP contribution in [0, 0.1) is 0 Å². The molecule has 0 aliphatic rings. The maximum Gasteiger partial charge on any atom is 0.510 e. The molecule has 0 amide bonds. The van der Waals surface area contributed by atoms with Gasteiger partial charge in [0.15, 0.2) is 6.29 Å². The smallest absolute Gasteiger partial charge is 0.429 e. The van der Waals surface area contributed by atoms with E-state index >= 15 is 0 Å². The normalized spacial score (nSPS) is 11.9. The predicted octanol–water partition coefficient (Wildman–Crippen LogP) is 6.49. The lowest BCUT2D eigenvalue weighted by Gasteiger charge is -2.18. The van der Waals surface area contributed by atoms with Gasteiger partial charge < -0.3 is 14.0 Å². The number of aryl methyl sites for hydroxylation is 1. The SMILES string of the molecule is CCCc1nc(C(F)(F)C(F)(F)F)c(C=O)n1Cc1ccc(-c2ccccc2-c2nnn(COC(=O)OCc3ccc(CON(O)O)cc3)n2)cc1. The Morgan fingerprint density at radius 2 is 1.52 bits per heavy atom. The maximum atomic E-state index is 14.3. The minimum atomic E-state index is -5.93. The highest BCUT2D eigenvalue weighted by Gasteiger charge is 2.61. The van der Waals surface area contributed by atoms with Gasteiger partial charge in [-0.3, -0.25) is 15.2 Å². The van der Waals surface area contributed by atoms with E-state index < -0.39 is 41.8 Å². The molecular weight excluding hydrogens is 701 g/mol. The molecule has 0 aliphatic carbocycles. The fourth-order valence-corrected chi connectivity index (χ4v) is 5.06. The van der Waals surface area contributed by atoms with Crippen LogP contribution in [-0.4, -0.2) is 64.2 Å². The van der Waals surface area contributed by atoms with Crippen molar-refractivity contribution < 1.29 is 56.3 Å². The molecule has 19 heteroatoms. The first kappa shape index (κ1) is 37.6. The van der Waals surface area contributed by atoms with E-state index in [0.717, 1.165) is 9.36 Å². The molecule has 14 nitrogen and oxygen atoms in total. The number of carbonyl (C=O) groups is 2. The maximum absolute atomic E-state index is 14.3. The van der Waals surface area contributed by atoms with Crippen molar-refractivity contribution in [2.24, 2.45) is 0 Å². The molecule has 2 heterocycles. The van der Waals surface area contributed by atoms with Crippen LogP contribution >= 0.6 is 0 Å². The fourth-order valence-electron chi connectivity index (χ4n) is 5.06. The van der Waals surface area contributed by atoms with Gasteiger partial charge in [-0.25, -0.2) is 14.6 Å². The van der Waals surface area contributed by atoms with Gasteiger partial charge in [0.25, 0.3) is 0 Å². The van der Waals surface area contributed by atoms with E-state index in [2.05, 4.69) is 25.2 Å². The quantitative estimate of drug-likeness (QED) is 0.0521. The van der Waals surface area contributed by atoms with Gasteiger partial charge in [0.05, 0.1) is 12.0 Å². The van der Waals surface area contributed by atoms with Gasteiger partial charge in [0.2, 0.25) is 12.6 Å². The monoisotopic (exact) mass is 731 g/mol. The summed E-state index contributed by atoms with van der Waals surface area (Å²) in [5, 5.41) is 29.1. The minimum Gasteiger partial charge on any atom is -0.429 e. The Morgan fingerprint density at radius 3 is 2.13 bits per heavy atom. The van der Waals surface area contributed by atoms with Gasteiger partial charge in [0.1, 0.15) is 23.8 Å². The van der Waals surface area contributed by atoms with Crippen molar-refractivity contribution in [3.8, 4) is 22.5 Å². The van der Waals surface area contributed by atoms with Crippen LogP contribution < -0.4 is 0 Å². The van der Waals surface area contributed by atoms with Crippen LogP contribution in [0.25, 0.3) is 22.5 Å². The summed E-state index contributed by atoms with van der Waals surface area (Å²) < 4.78 is 79.4. The first-order valence-corrected chi connectivity index (χ1v) is 15.4. The zero-order valence-electron chi connectivity index (χ0n) is 27.2. The molecule has 0 radical (unpaired) electrons. The lowest BCUT2D eigenvalue weighted by molar-refractivity contribution is -0.497. The number of hydrogen-bond donors (Lipinski definition) is 2. The number of aromatic nitrogens is 6. The molecule has 0 fully saturated rings. The third-order valence-electron chi connectivity index (χ3n) is 7.58. The predicted molar refractivity (Wildman–Crippen MR) is 167 cm³/mol. The van der Waals surface area contributed by atoms with Crippen molar-refractivity contribution in [3.05, 3.63) is 107 Å². The Balaban J connectivity index is 1.24. The number of benzene rings is 3. The molecule has 2 N–H and O–H groups in total. The summed E-state index contributed by atoms with van der Waals surface area (Å²) >= 11 is 0. The second-order valence-corrected chi connectivity index (χ2v) is 11.2. The highest BCUT2D eigenvalue weighted by Crippen LogP contribution is 2.44. The van der Waals surface area contributed by atoms with E-state index in [1.54, 1.807) is 79.7 Å². The first-order chi connectivity index (χ1) is 24.8. The summed E-state index contributed by atoms with van der Waals surface area (Å²) in [6, 6.07) is 20.3. The summed E-state index contributed by atoms with van der Waals surface area (Å²) in [7, 11) is 0. The molecule has 0 saturated carbocycles. The van der Waals surface area contributed by atoms with Crippen LogP contribution in [0.5, 0.6) is 0 Å². The van der Waals surface area contributed by atoms with Gasteiger partial charge >= 0.3 is 18.3 Å². The average Bonchev–Trinajstić information content (AvgIpc) is 3.74. The van der Waals surface area contributed by atoms with Gasteiger partial charge in [-0.1, -0.05) is 79.7 Å². The molecule has 5 rings (SSSR count). The van der Waals surface area contributed by atoms with Crippen LogP contribution in [-0.2, 0) is 53.1 Å². The van der Waals surface area contributed by atoms with E-state index in [1.807, 2.05) is 0 Å². The molecule has 52 heavy (non-hydrogen) atoms. The molecule has 0 atom stereocenters. The zero-order chi connectivity index (χ0) is 37.5. The van der Waals surface area contributed by atoms with Crippen molar-refractivity contribution in [1.29, 1.82) is 0 Å². The minimum absolute atomic E-state index is 0.0360.